The smallest absolute Gasteiger partial charge is 0.162 e. The molecule has 2 rings (SSSR count). The van der Waals surface area contributed by atoms with Gasteiger partial charge in [0.15, 0.2) is 11.6 Å². The van der Waals surface area contributed by atoms with Crippen molar-refractivity contribution in [1.82, 2.24) is 5.32 Å². The second-order valence-electron chi connectivity index (χ2n) is 3.58. The van der Waals surface area contributed by atoms with Crippen LogP contribution in [0.2, 0.25) is 0 Å². The van der Waals surface area contributed by atoms with Crippen LogP contribution in [0.3, 0.4) is 0 Å². The maximum Gasteiger partial charge on any atom is 0.162 e. The average molecular weight is 197 g/mol. The van der Waals surface area contributed by atoms with E-state index in [-0.39, 0.29) is 6.04 Å². The summed E-state index contributed by atoms with van der Waals surface area (Å²) in [5, 5.41) is 3.26. The number of hydrogen-bond acceptors (Lipinski definition) is 1. The molecular weight excluding hydrogens is 184 g/mol. The van der Waals surface area contributed by atoms with Gasteiger partial charge in [-0.1, -0.05) is 13.0 Å². The summed E-state index contributed by atoms with van der Waals surface area (Å²) in [6.07, 6.45) is 1.50. The van der Waals surface area contributed by atoms with Crippen molar-refractivity contribution in [2.24, 2.45) is 0 Å². The molecule has 14 heavy (non-hydrogen) atoms. The van der Waals surface area contributed by atoms with Gasteiger partial charge < -0.3 is 5.32 Å². The van der Waals surface area contributed by atoms with E-state index in [9.17, 15) is 8.78 Å². The van der Waals surface area contributed by atoms with Crippen LogP contribution in [0.25, 0.3) is 0 Å². The minimum Gasteiger partial charge on any atom is -0.310 e. The van der Waals surface area contributed by atoms with Gasteiger partial charge >= 0.3 is 0 Å². The Labute approximate surface area is 82.1 Å². The maximum atomic E-state index is 13.3. The topological polar surface area (TPSA) is 12.0 Å². The third-order valence-electron chi connectivity index (χ3n) is 2.74. The highest BCUT2D eigenvalue weighted by Gasteiger charge is 2.25. The Hall–Kier alpha value is -0.960. The van der Waals surface area contributed by atoms with Gasteiger partial charge in [0.05, 0.1) is 0 Å². The van der Waals surface area contributed by atoms with Crippen molar-refractivity contribution < 1.29 is 8.78 Å². The van der Waals surface area contributed by atoms with Crippen molar-refractivity contribution >= 4 is 0 Å². The van der Waals surface area contributed by atoms with Crippen LogP contribution in [0.5, 0.6) is 0 Å². The zero-order valence-electron chi connectivity index (χ0n) is 8.11. The minimum absolute atomic E-state index is 0.199. The van der Waals surface area contributed by atoms with Gasteiger partial charge in [0.25, 0.3) is 0 Å². The number of hydrogen-bond donors (Lipinski definition) is 1. The van der Waals surface area contributed by atoms with Crippen molar-refractivity contribution in [2.45, 2.75) is 25.8 Å². The Morgan fingerprint density at radius 3 is 2.93 bits per heavy atom. The lowest BCUT2D eigenvalue weighted by molar-refractivity contribution is 0.500. The zero-order chi connectivity index (χ0) is 10.1. The van der Waals surface area contributed by atoms with E-state index < -0.39 is 11.6 Å². The summed E-state index contributed by atoms with van der Waals surface area (Å²) in [5.41, 5.74) is 1.47. The third kappa shape index (κ3) is 1.42. The van der Waals surface area contributed by atoms with Gasteiger partial charge in [0.2, 0.25) is 0 Å². The van der Waals surface area contributed by atoms with Crippen molar-refractivity contribution in [3.63, 3.8) is 0 Å². The number of halogens is 2. The number of fused-ring (bicyclic) bond motifs is 1. The van der Waals surface area contributed by atoms with Crippen LogP contribution in [0.15, 0.2) is 12.1 Å². The molecule has 0 heterocycles. The Morgan fingerprint density at radius 2 is 2.21 bits per heavy atom. The van der Waals surface area contributed by atoms with Gasteiger partial charge in [-0.2, -0.15) is 0 Å². The van der Waals surface area contributed by atoms with Crippen LogP contribution < -0.4 is 5.32 Å². The van der Waals surface area contributed by atoms with E-state index in [1.165, 1.54) is 6.07 Å². The summed E-state index contributed by atoms with van der Waals surface area (Å²) in [4.78, 5) is 0. The first-order valence-corrected chi connectivity index (χ1v) is 4.94. The molecule has 1 aromatic carbocycles. The Bertz CT molecular complexity index is 349. The summed E-state index contributed by atoms with van der Waals surface area (Å²) in [7, 11) is 0. The first kappa shape index (κ1) is 9.59. The molecule has 1 aromatic rings. The molecule has 0 aromatic heterocycles. The van der Waals surface area contributed by atoms with E-state index in [4.69, 9.17) is 0 Å². The summed E-state index contributed by atoms with van der Waals surface area (Å²) >= 11 is 0. The molecule has 1 atom stereocenters. The van der Waals surface area contributed by atoms with Crippen molar-refractivity contribution in [3.05, 3.63) is 34.9 Å². The second-order valence-corrected chi connectivity index (χ2v) is 3.58. The fraction of sp³-hybridized carbons (Fsp3) is 0.455. The zero-order valence-corrected chi connectivity index (χ0v) is 8.11. The quantitative estimate of drug-likeness (QED) is 0.768. The van der Waals surface area contributed by atoms with Crippen LogP contribution in [-0.2, 0) is 6.42 Å². The molecule has 1 unspecified atom stereocenters. The minimum atomic E-state index is -0.735. The van der Waals surface area contributed by atoms with Gasteiger partial charge in [0.1, 0.15) is 0 Å². The molecule has 0 saturated carbocycles. The van der Waals surface area contributed by atoms with Crippen LogP contribution >= 0.6 is 0 Å². The molecule has 76 valence electrons. The molecule has 1 aliphatic rings. The molecule has 0 fully saturated rings. The Kier molecular flexibility index (Phi) is 2.50. The van der Waals surface area contributed by atoms with Gasteiger partial charge in [-0.25, -0.2) is 8.78 Å². The standard InChI is InChI=1S/C11H13F2N/c1-2-14-10-6-4-8-7(10)3-5-9(12)11(8)13/h3,5,10,14H,2,4,6H2,1H3. The predicted molar refractivity (Wildman–Crippen MR) is 51.1 cm³/mol. The molecule has 0 bridgehead atoms. The third-order valence-corrected chi connectivity index (χ3v) is 2.74. The fourth-order valence-corrected chi connectivity index (χ4v) is 2.09. The normalized spacial score (nSPS) is 19.8. The molecule has 0 radical (unpaired) electrons. The lowest BCUT2D eigenvalue weighted by atomic mass is 10.1. The van der Waals surface area contributed by atoms with Crippen LogP contribution in [0.1, 0.15) is 30.5 Å². The van der Waals surface area contributed by atoms with Crippen LogP contribution in [0, 0.1) is 11.6 Å². The SMILES string of the molecule is CCNC1CCc2c1ccc(F)c2F. The summed E-state index contributed by atoms with van der Waals surface area (Å²) < 4.78 is 26.2. The first-order chi connectivity index (χ1) is 6.74. The maximum absolute atomic E-state index is 13.3. The van der Waals surface area contributed by atoms with Gasteiger partial charge in [0, 0.05) is 6.04 Å². The van der Waals surface area contributed by atoms with E-state index >= 15 is 0 Å². The Morgan fingerprint density at radius 1 is 1.43 bits per heavy atom. The highest BCUT2D eigenvalue weighted by Crippen LogP contribution is 2.33. The summed E-state index contributed by atoms with van der Waals surface area (Å²) in [6.45, 7) is 2.86. The molecule has 0 aliphatic heterocycles. The van der Waals surface area contributed by atoms with E-state index in [1.54, 1.807) is 6.07 Å². The molecule has 0 amide bonds. The van der Waals surface area contributed by atoms with Crippen LogP contribution in [-0.4, -0.2) is 6.54 Å². The lowest BCUT2D eigenvalue weighted by Gasteiger charge is -2.12. The molecule has 3 heteroatoms. The van der Waals surface area contributed by atoms with Gasteiger partial charge in [-0.15, -0.1) is 0 Å². The molecule has 1 aliphatic carbocycles. The first-order valence-electron chi connectivity index (χ1n) is 4.94. The van der Waals surface area contributed by atoms with Crippen molar-refractivity contribution in [3.8, 4) is 0 Å². The molecule has 0 spiro atoms. The largest absolute Gasteiger partial charge is 0.310 e. The van der Waals surface area contributed by atoms with Crippen molar-refractivity contribution in [2.75, 3.05) is 6.54 Å². The highest BCUT2D eigenvalue weighted by molar-refractivity contribution is 5.36. The van der Waals surface area contributed by atoms with Crippen LogP contribution in [0.4, 0.5) is 8.78 Å². The van der Waals surface area contributed by atoms with Crippen molar-refractivity contribution in [1.29, 1.82) is 0 Å². The van der Waals surface area contributed by atoms with E-state index in [1.807, 2.05) is 6.92 Å². The second kappa shape index (κ2) is 3.65. The fourth-order valence-electron chi connectivity index (χ4n) is 2.09. The lowest BCUT2D eigenvalue weighted by Crippen LogP contribution is -2.18. The van der Waals surface area contributed by atoms with E-state index in [0.29, 0.717) is 12.0 Å². The molecular formula is C11H13F2N. The summed E-state index contributed by atoms with van der Waals surface area (Å²) in [5.74, 6) is -1.40. The Balaban J connectivity index is 2.37. The number of rotatable bonds is 2. The van der Waals surface area contributed by atoms with E-state index in [2.05, 4.69) is 5.32 Å². The highest BCUT2D eigenvalue weighted by atomic mass is 19.2. The number of nitrogens with one attached hydrogen (secondary N) is 1. The molecule has 0 saturated heterocycles. The van der Waals surface area contributed by atoms with E-state index in [0.717, 1.165) is 18.5 Å². The van der Waals surface area contributed by atoms with Gasteiger partial charge in [-0.3, -0.25) is 0 Å². The summed E-state index contributed by atoms with van der Waals surface area (Å²) in [6, 6.07) is 3.10. The van der Waals surface area contributed by atoms with Gasteiger partial charge in [-0.05, 0) is 36.6 Å². The number of benzene rings is 1. The predicted octanol–water partition coefficient (Wildman–Crippen LogP) is 2.56. The monoisotopic (exact) mass is 197 g/mol. The molecule has 1 nitrogen and oxygen atoms in total. The molecule has 1 N–H and O–H groups in total. The average Bonchev–Trinajstić information content (AvgIpc) is 2.57.